The molecule has 5 aromatic rings. The molecule has 0 aliphatic carbocycles. The van der Waals surface area contributed by atoms with Gasteiger partial charge in [0.15, 0.2) is 0 Å². The first kappa shape index (κ1) is 24.5. The molecule has 33 heavy (non-hydrogen) atoms. The normalized spacial score (nSPS) is 10.6. The Balaban J connectivity index is 0.000000180. The van der Waals surface area contributed by atoms with Gasteiger partial charge in [-0.2, -0.15) is 0 Å². The van der Waals surface area contributed by atoms with Gasteiger partial charge in [0.05, 0.1) is 26.8 Å². The number of aromatic nitrogens is 2. The van der Waals surface area contributed by atoms with Crippen LogP contribution in [0.5, 0.6) is 0 Å². The van der Waals surface area contributed by atoms with Gasteiger partial charge in [-0.05, 0) is 34.3 Å². The zero-order valence-electron chi connectivity index (χ0n) is 19.0. The molecule has 0 saturated carbocycles. The van der Waals surface area contributed by atoms with Crippen molar-refractivity contribution in [2.24, 2.45) is 0 Å². The second-order valence-corrected chi connectivity index (χ2v) is 8.34. The Morgan fingerprint density at radius 1 is 0.667 bits per heavy atom. The molecule has 3 aromatic carbocycles. The van der Waals surface area contributed by atoms with Gasteiger partial charge in [-0.1, -0.05) is 48.5 Å². The summed E-state index contributed by atoms with van der Waals surface area (Å²) in [5.74, 6) is 0. The van der Waals surface area contributed by atoms with Gasteiger partial charge < -0.3 is 14.5 Å². The molecule has 5 rings (SSSR count). The molecular weight excluding hydrogens is 583 g/mol. The fourth-order valence-corrected chi connectivity index (χ4v) is 3.42. The molecule has 0 amide bonds. The standard InChI is InChI=1S/C15H10N.C14H16N2.Ir/c1-2-7-13(8-3-1)15-14-9-5-4-6-12(14)10-11-16-15;1-16(2,3)13-8-6-7-12(11-13)14-9-4-5-10-15-14;/h1-7,9-11H;4-6,8-11H,1-3H3;/q-1;;. The molecule has 0 saturated heterocycles. The van der Waals surface area contributed by atoms with Crippen LogP contribution >= 0.6 is 0 Å². The summed E-state index contributed by atoms with van der Waals surface area (Å²) in [5.41, 5.74) is 5.31. The van der Waals surface area contributed by atoms with Crippen LogP contribution in [-0.4, -0.2) is 31.1 Å². The quantitative estimate of drug-likeness (QED) is 0.174. The maximum absolute atomic E-state index is 4.45. The summed E-state index contributed by atoms with van der Waals surface area (Å²) >= 11 is 0. The van der Waals surface area contributed by atoms with Crippen molar-refractivity contribution in [2.45, 2.75) is 0 Å². The fourth-order valence-electron chi connectivity index (χ4n) is 3.42. The van der Waals surface area contributed by atoms with E-state index >= 15 is 0 Å². The van der Waals surface area contributed by atoms with Crippen molar-refractivity contribution in [1.82, 2.24) is 14.5 Å². The number of hydrogen-bond acceptors (Lipinski definition) is 2. The Morgan fingerprint density at radius 3 is 2.15 bits per heavy atom. The first-order chi connectivity index (χ1) is 15.5. The summed E-state index contributed by atoms with van der Waals surface area (Å²) in [4.78, 5) is 8.78. The minimum absolute atomic E-state index is 0. The van der Waals surface area contributed by atoms with E-state index in [0.717, 1.165) is 27.0 Å². The predicted octanol–water partition coefficient (Wildman–Crippen LogP) is 6.44. The van der Waals surface area contributed by atoms with Gasteiger partial charge in [-0.3, -0.25) is 0 Å². The SMILES string of the molecule is C[N+](C)(C)c1cc[c-]c(-c2ccccn2)c1.[Ir].[c-]1ccccc1-c1nccc2ccccc12. The molecule has 0 unspecified atom stereocenters. The molecule has 0 aliphatic heterocycles. The van der Waals surface area contributed by atoms with Crippen LogP contribution < -0.4 is 4.48 Å². The zero-order chi connectivity index (χ0) is 22.4. The average Bonchev–Trinajstić information content (AvgIpc) is 2.85. The summed E-state index contributed by atoms with van der Waals surface area (Å²) in [6.45, 7) is 0. The van der Waals surface area contributed by atoms with Crippen LogP contribution in [0, 0.1) is 12.1 Å². The van der Waals surface area contributed by atoms with E-state index in [1.165, 1.54) is 16.5 Å². The number of fused-ring (bicyclic) bond motifs is 1. The predicted molar refractivity (Wildman–Crippen MR) is 134 cm³/mol. The van der Waals surface area contributed by atoms with Crippen molar-refractivity contribution in [1.29, 1.82) is 0 Å². The summed E-state index contributed by atoms with van der Waals surface area (Å²) in [7, 11) is 6.45. The zero-order valence-corrected chi connectivity index (χ0v) is 21.4. The second-order valence-electron chi connectivity index (χ2n) is 8.34. The van der Waals surface area contributed by atoms with Crippen molar-refractivity contribution in [3.05, 3.63) is 116 Å². The molecule has 0 spiro atoms. The number of hydrogen-bond donors (Lipinski definition) is 0. The van der Waals surface area contributed by atoms with E-state index in [1.54, 1.807) is 0 Å². The van der Waals surface area contributed by atoms with E-state index < -0.39 is 0 Å². The first-order valence-electron chi connectivity index (χ1n) is 10.6. The van der Waals surface area contributed by atoms with Gasteiger partial charge in [0, 0.05) is 32.5 Å². The molecular formula is C29H26IrN3-. The topological polar surface area (TPSA) is 25.8 Å². The number of benzene rings is 3. The molecule has 0 N–H and O–H groups in total. The number of rotatable bonds is 3. The maximum Gasteiger partial charge on any atom is 0.0711 e. The fraction of sp³-hybridized carbons (Fsp3) is 0.103. The Kier molecular flexibility index (Phi) is 8.24. The molecule has 3 nitrogen and oxygen atoms in total. The van der Waals surface area contributed by atoms with Crippen LogP contribution in [0.25, 0.3) is 33.3 Å². The molecule has 4 heteroatoms. The number of quaternary nitrogens is 1. The summed E-state index contributed by atoms with van der Waals surface area (Å²) in [6, 6.07) is 36.8. The van der Waals surface area contributed by atoms with Crippen LogP contribution in [0.4, 0.5) is 5.69 Å². The third kappa shape index (κ3) is 6.21. The van der Waals surface area contributed by atoms with Gasteiger partial charge in [-0.25, -0.2) is 0 Å². The van der Waals surface area contributed by atoms with Crippen molar-refractivity contribution in [3.8, 4) is 22.5 Å². The maximum atomic E-state index is 4.45. The minimum Gasteiger partial charge on any atom is -0.314 e. The van der Waals surface area contributed by atoms with E-state index in [4.69, 9.17) is 0 Å². The van der Waals surface area contributed by atoms with Crippen LogP contribution in [0.3, 0.4) is 0 Å². The van der Waals surface area contributed by atoms with Crippen LogP contribution in [0.1, 0.15) is 0 Å². The minimum atomic E-state index is 0. The van der Waals surface area contributed by atoms with Crippen molar-refractivity contribution in [3.63, 3.8) is 0 Å². The summed E-state index contributed by atoms with van der Waals surface area (Å²) in [5, 5.41) is 2.39. The number of nitrogens with zero attached hydrogens (tertiary/aromatic N) is 3. The van der Waals surface area contributed by atoms with Crippen molar-refractivity contribution >= 4 is 16.5 Å². The first-order valence-corrected chi connectivity index (χ1v) is 10.6. The average molecular weight is 609 g/mol. The van der Waals surface area contributed by atoms with Gasteiger partial charge in [0.1, 0.15) is 0 Å². The van der Waals surface area contributed by atoms with Crippen molar-refractivity contribution < 1.29 is 20.1 Å². The van der Waals surface area contributed by atoms with Gasteiger partial charge in [-0.15, -0.1) is 53.6 Å². The smallest absolute Gasteiger partial charge is 0.0711 e. The molecule has 1 radical (unpaired) electrons. The Morgan fingerprint density at radius 2 is 1.42 bits per heavy atom. The largest absolute Gasteiger partial charge is 0.314 e. The van der Waals surface area contributed by atoms with Crippen molar-refractivity contribution in [2.75, 3.05) is 21.1 Å². The second kappa shape index (κ2) is 11.1. The molecule has 2 aromatic heterocycles. The Hall–Kier alpha value is -3.17. The van der Waals surface area contributed by atoms with Gasteiger partial charge >= 0.3 is 0 Å². The van der Waals surface area contributed by atoms with E-state index in [1.807, 2.05) is 79.1 Å². The van der Waals surface area contributed by atoms with Gasteiger partial charge in [0.25, 0.3) is 0 Å². The molecule has 167 valence electrons. The molecule has 0 aliphatic rings. The van der Waals surface area contributed by atoms with Crippen LogP contribution in [-0.2, 0) is 20.1 Å². The van der Waals surface area contributed by atoms with E-state index in [2.05, 4.69) is 67.5 Å². The van der Waals surface area contributed by atoms with Gasteiger partial charge in [0.2, 0.25) is 0 Å². The molecule has 0 atom stereocenters. The van der Waals surface area contributed by atoms with E-state index in [-0.39, 0.29) is 20.1 Å². The monoisotopic (exact) mass is 609 g/mol. The molecule has 0 fully saturated rings. The van der Waals surface area contributed by atoms with E-state index in [0.29, 0.717) is 0 Å². The molecule has 0 bridgehead atoms. The summed E-state index contributed by atoms with van der Waals surface area (Å²) in [6.07, 6.45) is 3.65. The third-order valence-electron chi connectivity index (χ3n) is 5.14. The Labute approximate surface area is 209 Å². The summed E-state index contributed by atoms with van der Waals surface area (Å²) < 4.78 is 0.800. The third-order valence-corrected chi connectivity index (χ3v) is 5.14. The van der Waals surface area contributed by atoms with E-state index in [9.17, 15) is 0 Å². The molecule has 2 heterocycles. The Bertz CT molecular complexity index is 1290. The number of pyridine rings is 2. The van der Waals surface area contributed by atoms with Crippen LogP contribution in [0.2, 0.25) is 0 Å². The van der Waals surface area contributed by atoms with Crippen LogP contribution in [0.15, 0.2) is 103 Å².